The summed E-state index contributed by atoms with van der Waals surface area (Å²) in [6.07, 6.45) is 0. The van der Waals surface area contributed by atoms with Gasteiger partial charge in [-0.1, -0.05) is 24.6 Å². The molecule has 0 fully saturated rings. The standard InChI is InChI=1S/C13H19ClN2O2/c1-9(13(18)15-2)7-16(3)8-10-4-5-12(17)11(14)6-10/h4-6,9,17H,7-8H2,1-3H3,(H,15,18). The highest BCUT2D eigenvalue weighted by Gasteiger charge is 2.13. The third-order valence-electron chi connectivity index (χ3n) is 2.74. The number of nitrogens with one attached hydrogen (secondary N) is 1. The molecule has 1 aromatic rings. The Balaban J connectivity index is 2.56. The van der Waals surface area contributed by atoms with Crippen LogP contribution in [0.4, 0.5) is 0 Å². The minimum absolute atomic E-state index is 0.0330. The van der Waals surface area contributed by atoms with Crippen molar-refractivity contribution in [3.05, 3.63) is 28.8 Å². The SMILES string of the molecule is CNC(=O)C(C)CN(C)Cc1ccc(O)c(Cl)c1. The molecular formula is C13H19ClN2O2. The molecule has 0 bridgehead atoms. The predicted molar refractivity (Wildman–Crippen MR) is 72.7 cm³/mol. The third kappa shape index (κ3) is 4.20. The number of amides is 1. The fourth-order valence-electron chi connectivity index (χ4n) is 1.82. The van der Waals surface area contributed by atoms with E-state index in [1.54, 1.807) is 19.2 Å². The van der Waals surface area contributed by atoms with Crippen molar-refractivity contribution in [2.75, 3.05) is 20.6 Å². The van der Waals surface area contributed by atoms with Crippen molar-refractivity contribution in [3.63, 3.8) is 0 Å². The number of hydrogen-bond donors (Lipinski definition) is 2. The average molecular weight is 271 g/mol. The molecule has 0 heterocycles. The van der Waals surface area contributed by atoms with Crippen molar-refractivity contribution in [2.45, 2.75) is 13.5 Å². The summed E-state index contributed by atoms with van der Waals surface area (Å²) in [5, 5.41) is 12.3. The van der Waals surface area contributed by atoms with E-state index in [9.17, 15) is 9.90 Å². The quantitative estimate of drug-likeness (QED) is 0.859. The molecule has 0 saturated carbocycles. The Labute approximate surface area is 113 Å². The van der Waals surface area contributed by atoms with Crippen LogP contribution in [0.5, 0.6) is 5.75 Å². The van der Waals surface area contributed by atoms with Gasteiger partial charge in [-0.05, 0) is 24.7 Å². The van der Waals surface area contributed by atoms with Crippen LogP contribution in [-0.2, 0) is 11.3 Å². The van der Waals surface area contributed by atoms with Gasteiger partial charge in [0.25, 0.3) is 0 Å². The third-order valence-corrected chi connectivity index (χ3v) is 3.05. The van der Waals surface area contributed by atoms with E-state index >= 15 is 0 Å². The van der Waals surface area contributed by atoms with E-state index in [0.29, 0.717) is 18.1 Å². The number of carbonyl (C=O) groups excluding carboxylic acids is 1. The second-order valence-electron chi connectivity index (χ2n) is 4.50. The Kier molecular flexibility index (Phi) is 5.44. The van der Waals surface area contributed by atoms with Crippen molar-refractivity contribution in [3.8, 4) is 5.75 Å². The summed E-state index contributed by atoms with van der Waals surface area (Å²) in [7, 11) is 3.58. The average Bonchev–Trinajstić information content (AvgIpc) is 2.32. The maximum atomic E-state index is 11.4. The second kappa shape index (κ2) is 6.61. The van der Waals surface area contributed by atoms with E-state index in [1.165, 1.54) is 0 Å². The van der Waals surface area contributed by atoms with Crippen LogP contribution in [0.2, 0.25) is 5.02 Å². The van der Waals surface area contributed by atoms with Crippen molar-refractivity contribution >= 4 is 17.5 Å². The molecule has 5 heteroatoms. The molecule has 1 unspecified atom stereocenters. The lowest BCUT2D eigenvalue weighted by molar-refractivity contribution is -0.124. The molecule has 0 radical (unpaired) electrons. The zero-order valence-corrected chi connectivity index (χ0v) is 11.7. The number of phenols is 1. The molecule has 100 valence electrons. The first-order valence-corrected chi connectivity index (χ1v) is 6.19. The van der Waals surface area contributed by atoms with Crippen LogP contribution in [-0.4, -0.2) is 36.6 Å². The Bertz CT molecular complexity index is 423. The smallest absolute Gasteiger partial charge is 0.223 e. The molecule has 0 aliphatic heterocycles. The number of halogens is 1. The number of aromatic hydroxyl groups is 1. The van der Waals surface area contributed by atoms with Crippen molar-refractivity contribution in [1.82, 2.24) is 10.2 Å². The predicted octanol–water partition coefficient (Wildman–Crippen LogP) is 1.86. The maximum absolute atomic E-state index is 11.4. The van der Waals surface area contributed by atoms with E-state index in [1.807, 2.05) is 24.9 Å². The zero-order valence-electron chi connectivity index (χ0n) is 10.9. The van der Waals surface area contributed by atoms with Crippen LogP contribution >= 0.6 is 11.6 Å². The van der Waals surface area contributed by atoms with E-state index in [-0.39, 0.29) is 17.6 Å². The first-order valence-electron chi connectivity index (χ1n) is 5.81. The molecule has 1 amide bonds. The lowest BCUT2D eigenvalue weighted by Gasteiger charge is -2.20. The van der Waals surface area contributed by atoms with Crippen LogP contribution < -0.4 is 5.32 Å². The lowest BCUT2D eigenvalue weighted by atomic mass is 10.1. The first-order chi connectivity index (χ1) is 8.43. The van der Waals surface area contributed by atoms with Gasteiger partial charge in [-0.3, -0.25) is 4.79 Å². The molecule has 18 heavy (non-hydrogen) atoms. The van der Waals surface area contributed by atoms with Gasteiger partial charge in [0.15, 0.2) is 0 Å². The number of nitrogens with zero attached hydrogens (tertiary/aromatic N) is 1. The Hall–Kier alpha value is -1.26. The molecule has 1 aromatic carbocycles. The second-order valence-corrected chi connectivity index (χ2v) is 4.91. The fraction of sp³-hybridized carbons (Fsp3) is 0.462. The molecule has 2 N–H and O–H groups in total. The number of phenolic OH excluding ortho intramolecular Hbond substituents is 1. The van der Waals surface area contributed by atoms with E-state index in [0.717, 1.165) is 5.56 Å². The molecule has 0 saturated heterocycles. The van der Waals surface area contributed by atoms with Gasteiger partial charge >= 0.3 is 0 Å². The molecule has 0 aromatic heterocycles. The Morgan fingerprint density at radius 1 is 1.56 bits per heavy atom. The zero-order chi connectivity index (χ0) is 13.7. The normalized spacial score (nSPS) is 12.5. The first kappa shape index (κ1) is 14.8. The monoisotopic (exact) mass is 270 g/mol. The van der Waals surface area contributed by atoms with Gasteiger partial charge in [0.05, 0.1) is 5.02 Å². The summed E-state index contributed by atoms with van der Waals surface area (Å²) < 4.78 is 0. The molecular weight excluding hydrogens is 252 g/mol. The van der Waals surface area contributed by atoms with E-state index in [4.69, 9.17) is 11.6 Å². The number of hydrogen-bond acceptors (Lipinski definition) is 3. The van der Waals surface area contributed by atoms with Gasteiger partial charge in [-0.15, -0.1) is 0 Å². The number of rotatable bonds is 5. The van der Waals surface area contributed by atoms with Gasteiger partial charge < -0.3 is 15.3 Å². The topological polar surface area (TPSA) is 52.6 Å². The maximum Gasteiger partial charge on any atom is 0.223 e. The van der Waals surface area contributed by atoms with Gasteiger partial charge in [0.1, 0.15) is 5.75 Å². The molecule has 1 rings (SSSR count). The minimum Gasteiger partial charge on any atom is -0.506 e. The summed E-state index contributed by atoms with van der Waals surface area (Å²) in [5.41, 5.74) is 1.00. The van der Waals surface area contributed by atoms with Gasteiger partial charge in [0, 0.05) is 26.1 Å². The van der Waals surface area contributed by atoms with Crippen LogP contribution in [0.1, 0.15) is 12.5 Å². The van der Waals surface area contributed by atoms with Gasteiger partial charge in [0.2, 0.25) is 5.91 Å². The van der Waals surface area contributed by atoms with Crippen LogP contribution in [0, 0.1) is 5.92 Å². The summed E-state index contributed by atoms with van der Waals surface area (Å²) in [6.45, 7) is 3.23. The molecule has 0 aliphatic rings. The lowest BCUT2D eigenvalue weighted by Crippen LogP contribution is -2.34. The number of benzene rings is 1. The highest BCUT2D eigenvalue weighted by molar-refractivity contribution is 6.32. The summed E-state index contributed by atoms with van der Waals surface area (Å²) >= 11 is 5.84. The van der Waals surface area contributed by atoms with Crippen molar-refractivity contribution < 1.29 is 9.90 Å². The van der Waals surface area contributed by atoms with Crippen LogP contribution in [0.3, 0.4) is 0 Å². The molecule has 0 spiro atoms. The fourth-order valence-corrected chi connectivity index (χ4v) is 2.02. The highest BCUT2D eigenvalue weighted by Crippen LogP contribution is 2.24. The van der Waals surface area contributed by atoms with Crippen LogP contribution in [0.25, 0.3) is 0 Å². The van der Waals surface area contributed by atoms with Crippen molar-refractivity contribution in [2.24, 2.45) is 5.92 Å². The van der Waals surface area contributed by atoms with E-state index < -0.39 is 0 Å². The highest BCUT2D eigenvalue weighted by atomic mass is 35.5. The summed E-state index contributed by atoms with van der Waals surface area (Å²) in [4.78, 5) is 13.5. The summed E-state index contributed by atoms with van der Waals surface area (Å²) in [5.74, 6) is 0.0555. The van der Waals surface area contributed by atoms with Gasteiger partial charge in [-0.25, -0.2) is 0 Å². The van der Waals surface area contributed by atoms with E-state index in [2.05, 4.69) is 5.32 Å². The number of carbonyl (C=O) groups is 1. The largest absolute Gasteiger partial charge is 0.506 e. The molecule has 0 aliphatic carbocycles. The Morgan fingerprint density at radius 2 is 2.22 bits per heavy atom. The Morgan fingerprint density at radius 3 is 2.78 bits per heavy atom. The summed E-state index contributed by atoms with van der Waals surface area (Å²) in [6, 6.07) is 5.13. The molecule has 1 atom stereocenters. The van der Waals surface area contributed by atoms with Crippen LogP contribution in [0.15, 0.2) is 18.2 Å². The van der Waals surface area contributed by atoms with Gasteiger partial charge in [-0.2, -0.15) is 0 Å². The van der Waals surface area contributed by atoms with Crippen molar-refractivity contribution in [1.29, 1.82) is 0 Å². The molecule has 4 nitrogen and oxygen atoms in total. The minimum atomic E-state index is -0.0624.